The third-order valence-corrected chi connectivity index (χ3v) is 3.59. The second-order valence-corrected chi connectivity index (χ2v) is 4.75. The van der Waals surface area contributed by atoms with Gasteiger partial charge in [0.2, 0.25) is 5.82 Å². The van der Waals surface area contributed by atoms with E-state index < -0.39 is 46.2 Å². The molecule has 2 rings (SSSR count). The van der Waals surface area contributed by atoms with E-state index in [1.54, 1.807) is 0 Å². The molecule has 0 heterocycles. The van der Waals surface area contributed by atoms with Crippen LogP contribution in [0.4, 0.5) is 22.0 Å². The van der Waals surface area contributed by atoms with E-state index in [0.717, 1.165) is 24.3 Å². The fourth-order valence-electron chi connectivity index (χ4n) is 1.85. The number of aliphatic hydroxyl groups is 2. The third-order valence-electron chi connectivity index (χ3n) is 3.02. The molecule has 118 valence electrons. The van der Waals surface area contributed by atoms with Crippen LogP contribution < -0.4 is 0 Å². The molecule has 2 aromatic carbocycles. The van der Waals surface area contributed by atoms with Gasteiger partial charge in [0, 0.05) is 5.56 Å². The Labute approximate surface area is 124 Å². The first kappa shape index (κ1) is 16.6. The van der Waals surface area contributed by atoms with Gasteiger partial charge in [-0.05, 0) is 11.6 Å². The number of hydrogen-bond acceptors (Lipinski definition) is 3. The van der Waals surface area contributed by atoms with E-state index in [-0.39, 0.29) is 16.0 Å². The largest absolute Gasteiger partial charge is 0.377 e. The minimum Gasteiger partial charge on any atom is -0.377 e. The van der Waals surface area contributed by atoms with Crippen molar-refractivity contribution < 1.29 is 36.6 Å². The van der Waals surface area contributed by atoms with Crippen molar-refractivity contribution in [3.63, 3.8) is 0 Å². The molecule has 0 saturated carbocycles. The highest BCUT2D eigenvalue weighted by Gasteiger charge is 2.29. The standard InChI is InChI=1S/C13H9F5O3Si/c14-8-7(9(15)11(17)12(18)10(8)16)5-2-1-3-6(4-5)13(19,20)21-22/h1-4,19-20H,22H3. The number of rotatable bonds is 3. The Kier molecular flexibility index (Phi) is 4.34. The average Bonchev–Trinajstić information content (AvgIpc) is 2.51. The summed E-state index contributed by atoms with van der Waals surface area (Å²) in [7, 11) is -0.0749. The Bertz CT molecular complexity index is 707. The Morgan fingerprint density at radius 3 is 1.86 bits per heavy atom. The minimum atomic E-state index is -2.72. The van der Waals surface area contributed by atoms with Crippen molar-refractivity contribution in [1.29, 1.82) is 0 Å². The van der Waals surface area contributed by atoms with E-state index in [2.05, 4.69) is 4.43 Å². The van der Waals surface area contributed by atoms with Gasteiger partial charge in [0.15, 0.2) is 33.8 Å². The lowest BCUT2D eigenvalue weighted by Gasteiger charge is -2.21. The predicted molar refractivity (Wildman–Crippen MR) is 68.8 cm³/mol. The fourth-order valence-corrected chi connectivity index (χ4v) is 2.09. The van der Waals surface area contributed by atoms with Gasteiger partial charge >= 0.3 is 0 Å². The van der Waals surface area contributed by atoms with Gasteiger partial charge < -0.3 is 14.6 Å². The summed E-state index contributed by atoms with van der Waals surface area (Å²) in [5.41, 5.74) is -1.90. The SMILES string of the molecule is OC(O)(O[SiH3])c1cccc(-c2c(F)c(F)c(F)c(F)c2F)c1. The smallest absolute Gasteiger partial charge is 0.296 e. The second kappa shape index (κ2) is 5.76. The van der Waals surface area contributed by atoms with Crippen molar-refractivity contribution in [2.75, 3.05) is 0 Å². The zero-order valence-electron chi connectivity index (χ0n) is 11.0. The quantitative estimate of drug-likeness (QED) is 0.293. The molecule has 0 radical (unpaired) electrons. The van der Waals surface area contributed by atoms with E-state index in [4.69, 9.17) is 0 Å². The van der Waals surface area contributed by atoms with Gasteiger partial charge in [0.25, 0.3) is 5.97 Å². The number of benzene rings is 2. The molecule has 0 fully saturated rings. The molecule has 0 aliphatic carbocycles. The molecule has 0 aromatic heterocycles. The van der Waals surface area contributed by atoms with Crippen LogP contribution >= 0.6 is 0 Å². The first-order chi connectivity index (χ1) is 10.2. The molecule has 0 saturated heterocycles. The van der Waals surface area contributed by atoms with Crippen molar-refractivity contribution in [2.24, 2.45) is 0 Å². The zero-order chi connectivity index (χ0) is 16.7. The Balaban J connectivity index is 2.71. The monoisotopic (exact) mass is 336 g/mol. The van der Waals surface area contributed by atoms with Crippen LogP contribution in [0.25, 0.3) is 11.1 Å². The van der Waals surface area contributed by atoms with E-state index in [1.807, 2.05) is 0 Å². The maximum atomic E-state index is 13.7. The van der Waals surface area contributed by atoms with E-state index in [9.17, 15) is 32.2 Å². The summed E-state index contributed by atoms with van der Waals surface area (Å²) in [6, 6.07) is 4.24. The minimum absolute atomic E-state index is 0.0749. The van der Waals surface area contributed by atoms with Crippen LogP contribution in [-0.4, -0.2) is 20.7 Å². The average molecular weight is 336 g/mol. The van der Waals surface area contributed by atoms with E-state index >= 15 is 0 Å². The lowest BCUT2D eigenvalue weighted by molar-refractivity contribution is -0.303. The molecule has 9 heteroatoms. The van der Waals surface area contributed by atoms with Crippen LogP contribution in [0.3, 0.4) is 0 Å². The number of hydrogen-bond donors (Lipinski definition) is 2. The van der Waals surface area contributed by atoms with Gasteiger partial charge in [0.1, 0.15) is 0 Å². The molecule has 0 aliphatic rings. The maximum Gasteiger partial charge on any atom is 0.296 e. The topological polar surface area (TPSA) is 49.7 Å². The molecule has 22 heavy (non-hydrogen) atoms. The van der Waals surface area contributed by atoms with E-state index in [0.29, 0.717) is 0 Å². The Morgan fingerprint density at radius 1 is 0.864 bits per heavy atom. The van der Waals surface area contributed by atoms with Crippen molar-refractivity contribution in [2.45, 2.75) is 5.97 Å². The van der Waals surface area contributed by atoms with E-state index in [1.165, 1.54) is 0 Å². The molecule has 0 unspecified atom stereocenters. The molecule has 0 atom stereocenters. The van der Waals surface area contributed by atoms with Crippen LogP contribution in [0.15, 0.2) is 24.3 Å². The van der Waals surface area contributed by atoms with Gasteiger partial charge in [0.05, 0.1) is 5.56 Å². The predicted octanol–water partition coefficient (Wildman–Crippen LogP) is 1.44. The van der Waals surface area contributed by atoms with Gasteiger partial charge in [-0.2, -0.15) is 0 Å². The molecule has 2 N–H and O–H groups in total. The highest BCUT2D eigenvalue weighted by Crippen LogP contribution is 2.33. The highest BCUT2D eigenvalue weighted by atomic mass is 28.2. The fraction of sp³-hybridized carbons (Fsp3) is 0.0769. The Hall–Kier alpha value is -1.81. The molecular formula is C13H9F5O3Si. The summed E-state index contributed by atoms with van der Waals surface area (Å²) in [5, 5.41) is 19.1. The summed E-state index contributed by atoms with van der Waals surface area (Å²) in [5.74, 6) is -13.2. The molecule has 0 amide bonds. The van der Waals surface area contributed by atoms with Crippen LogP contribution in [0.1, 0.15) is 5.56 Å². The van der Waals surface area contributed by atoms with Gasteiger partial charge in [-0.15, -0.1) is 0 Å². The van der Waals surface area contributed by atoms with Gasteiger partial charge in [-0.3, -0.25) is 0 Å². The summed E-state index contributed by atoms with van der Waals surface area (Å²) in [6.45, 7) is 0. The zero-order valence-corrected chi connectivity index (χ0v) is 13.0. The Morgan fingerprint density at radius 2 is 1.36 bits per heavy atom. The first-order valence-electron chi connectivity index (χ1n) is 5.83. The normalized spacial score (nSPS) is 12.0. The summed E-state index contributed by atoms with van der Waals surface area (Å²) in [4.78, 5) is 0. The van der Waals surface area contributed by atoms with Gasteiger partial charge in [-0.1, -0.05) is 18.2 Å². The molecule has 3 nitrogen and oxygen atoms in total. The highest BCUT2D eigenvalue weighted by molar-refractivity contribution is 5.98. The van der Waals surface area contributed by atoms with Crippen LogP contribution in [0, 0.1) is 29.1 Å². The van der Waals surface area contributed by atoms with Gasteiger partial charge in [-0.25, -0.2) is 22.0 Å². The van der Waals surface area contributed by atoms with Crippen LogP contribution in [-0.2, 0) is 10.4 Å². The summed E-state index contributed by atoms with van der Waals surface area (Å²) < 4.78 is 71.4. The second-order valence-electron chi connectivity index (χ2n) is 4.34. The van der Waals surface area contributed by atoms with Crippen molar-refractivity contribution in [3.05, 3.63) is 58.9 Å². The van der Waals surface area contributed by atoms with Crippen molar-refractivity contribution in [3.8, 4) is 11.1 Å². The molecular weight excluding hydrogens is 327 g/mol. The lowest BCUT2D eigenvalue weighted by Crippen LogP contribution is -2.27. The van der Waals surface area contributed by atoms with Crippen molar-refractivity contribution >= 4 is 10.5 Å². The molecule has 0 bridgehead atoms. The molecule has 0 spiro atoms. The van der Waals surface area contributed by atoms with Crippen molar-refractivity contribution in [1.82, 2.24) is 0 Å². The molecule has 0 aliphatic heterocycles. The molecule has 2 aromatic rings. The third kappa shape index (κ3) is 2.63. The van der Waals surface area contributed by atoms with Crippen LogP contribution in [0.5, 0.6) is 0 Å². The summed E-state index contributed by atoms with van der Waals surface area (Å²) >= 11 is 0. The lowest BCUT2D eigenvalue weighted by atomic mass is 10.0. The first-order valence-corrected chi connectivity index (χ1v) is 6.64. The summed E-state index contributed by atoms with van der Waals surface area (Å²) in [6.07, 6.45) is 0. The number of halogens is 5. The van der Waals surface area contributed by atoms with Crippen LogP contribution in [0.2, 0.25) is 0 Å². The maximum absolute atomic E-state index is 13.7.